The molecule has 1 fully saturated rings. The lowest BCUT2D eigenvalue weighted by Crippen LogP contribution is -2.38. The molecular weight excluding hydrogens is 376 g/mol. The molecule has 2 N–H and O–H groups in total. The summed E-state index contributed by atoms with van der Waals surface area (Å²) in [5.74, 6) is -0.0605. The Labute approximate surface area is 177 Å². The standard InChI is InChI=1S/C24H28N4O2/c1-18-6-4-8-19-22(10-12-25-23(18)19)27-21-9-3-2-7-20(21)24(29)26-11-5-13-28-14-16-30-17-15-28/h2-4,6-10,12H,5,11,13-17H2,1H3,(H,25,27)(H,26,29). The first kappa shape index (κ1) is 20.3. The van der Waals surface area contributed by atoms with Crippen LogP contribution in [-0.2, 0) is 4.74 Å². The Balaban J connectivity index is 1.42. The summed E-state index contributed by atoms with van der Waals surface area (Å²) >= 11 is 0. The monoisotopic (exact) mass is 404 g/mol. The maximum Gasteiger partial charge on any atom is 0.253 e. The molecule has 0 saturated carbocycles. The molecule has 30 heavy (non-hydrogen) atoms. The quantitative estimate of drug-likeness (QED) is 0.587. The number of pyridine rings is 1. The van der Waals surface area contributed by atoms with Gasteiger partial charge in [0.1, 0.15) is 0 Å². The van der Waals surface area contributed by atoms with Gasteiger partial charge >= 0.3 is 0 Å². The first-order valence-corrected chi connectivity index (χ1v) is 10.5. The normalized spacial score (nSPS) is 14.6. The van der Waals surface area contributed by atoms with Crippen LogP contribution in [0.3, 0.4) is 0 Å². The molecule has 2 aromatic carbocycles. The number of hydrogen-bond acceptors (Lipinski definition) is 5. The topological polar surface area (TPSA) is 66.5 Å². The average Bonchev–Trinajstić information content (AvgIpc) is 2.78. The van der Waals surface area contributed by atoms with Crippen molar-refractivity contribution in [3.8, 4) is 0 Å². The minimum Gasteiger partial charge on any atom is -0.379 e. The lowest BCUT2D eigenvalue weighted by molar-refractivity contribution is 0.0374. The third-order valence-corrected chi connectivity index (χ3v) is 5.45. The smallest absolute Gasteiger partial charge is 0.253 e. The Morgan fingerprint density at radius 1 is 1.07 bits per heavy atom. The van der Waals surface area contributed by atoms with Crippen LogP contribution in [0.5, 0.6) is 0 Å². The van der Waals surface area contributed by atoms with Gasteiger partial charge in [0.2, 0.25) is 0 Å². The van der Waals surface area contributed by atoms with Crippen molar-refractivity contribution in [1.29, 1.82) is 0 Å². The molecule has 0 atom stereocenters. The number of morpholine rings is 1. The van der Waals surface area contributed by atoms with Gasteiger partial charge in [-0.3, -0.25) is 14.7 Å². The molecule has 3 aromatic rings. The zero-order valence-electron chi connectivity index (χ0n) is 17.4. The predicted molar refractivity (Wildman–Crippen MR) is 120 cm³/mol. The summed E-state index contributed by atoms with van der Waals surface area (Å²) in [5.41, 5.74) is 4.46. The Bertz CT molecular complexity index is 1020. The first-order chi connectivity index (χ1) is 14.7. The van der Waals surface area contributed by atoms with Gasteiger partial charge in [0.05, 0.1) is 30.0 Å². The molecule has 0 unspecified atom stereocenters. The number of aryl methyl sites for hydroxylation is 1. The van der Waals surface area contributed by atoms with Crippen LogP contribution in [0.2, 0.25) is 0 Å². The van der Waals surface area contributed by atoms with Crippen molar-refractivity contribution in [3.63, 3.8) is 0 Å². The summed E-state index contributed by atoms with van der Waals surface area (Å²) in [5, 5.41) is 7.54. The van der Waals surface area contributed by atoms with Crippen molar-refractivity contribution in [1.82, 2.24) is 15.2 Å². The van der Waals surface area contributed by atoms with Gasteiger partial charge in [-0.05, 0) is 43.7 Å². The molecular formula is C24H28N4O2. The molecule has 1 aliphatic rings. The number of nitrogens with zero attached hydrogens (tertiary/aromatic N) is 2. The number of aromatic nitrogens is 1. The third kappa shape index (κ3) is 4.78. The van der Waals surface area contributed by atoms with E-state index in [0.717, 1.165) is 67.1 Å². The van der Waals surface area contributed by atoms with E-state index in [0.29, 0.717) is 12.1 Å². The maximum absolute atomic E-state index is 12.8. The van der Waals surface area contributed by atoms with E-state index < -0.39 is 0 Å². The summed E-state index contributed by atoms with van der Waals surface area (Å²) < 4.78 is 5.38. The summed E-state index contributed by atoms with van der Waals surface area (Å²) in [4.78, 5) is 19.7. The molecule has 1 amide bonds. The van der Waals surface area contributed by atoms with E-state index in [9.17, 15) is 4.79 Å². The van der Waals surface area contributed by atoms with Gasteiger partial charge < -0.3 is 15.4 Å². The zero-order valence-corrected chi connectivity index (χ0v) is 17.4. The number of carbonyl (C=O) groups excluding carboxylic acids is 1. The number of hydrogen-bond donors (Lipinski definition) is 2. The van der Waals surface area contributed by atoms with E-state index in [2.05, 4.69) is 33.5 Å². The predicted octanol–water partition coefficient (Wildman–Crippen LogP) is 3.74. The number of rotatable bonds is 7. The van der Waals surface area contributed by atoms with Crippen LogP contribution in [0, 0.1) is 6.92 Å². The molecule has 1 aromatic heterocycles. The minimum absolute atomic E-state index is 0.0605. The van der Waals surface area contributed by atoms with Crippen molar-refractivity contribution >= 4 is 28.2 Å². The molecule has 2 heterocycles. The van der Waals surface area contributed by atoms with Gasteiger partial charge in [-0.15, -0.1) is 0 Å². The second-order valence-electron chi connectivity index (χ2n) is 7.56. The zero-order chi connectivity index (χ0) is 20.8. The number of anilines is 2. The summed E-state index contributed by atoms with van der Waals surface area (Å²) in [7, 11) is 0. The van der Waals surface area contributed by atoms with E-state index >= 15 is 0 Å². The fraction of sp³-hybridized carbons (Fsp3) is 0.333. The number of nitrogens with one attached hydrogen (secondary N) is 2. The lowest BCUT2D eigenvalue weighted by Gasteiger charge is -2.26. The molecule has 1 aliphatic heterocycles. The number of fused-ring (bicyclic) bond motifs is 1. The molecule has 1 saturated heterocycles. The molecule has 0 bridgehead atoms. The van der Waals surface area contributed by atoms with E-state index in [1.54, 1.807) is 6.20 Å². The van der Waals surface area contributed by atoms with Gasteiger partial charge in [-0.1, -0.05) is 30.3 Å². The molecule has 0 radical (unpaired) electrons. The number of ether oxygens (including phenoxy) is 1. The van der Waals surface area contributed by atoms with Crippen molar-refractivity contribution in [2.75, 3.05) is 44.7 Å². The van der Waals surface area contributed by atoms with Crippen LogP contribution in [-0.4, -0.2) is 55.2 Å². The molecule has 6 nitrogen and oxygen atoms in total. The minimum atomic E-state index is -0.0605. The van der Waals surface area contributed by atoms with Gasteiger partial charge in [0.25, 0.3) is 5.91 Å². The lowest BCUT2D eigenvalue weighted by atomic mass is 10.1. The molecule has 6 heteroatoms. The highest BCUT2D eigenvalue weighted by atomic mass is 16.5. The van der Waals surface area contributed by atoms with Crippen molar-refractivity contribution in [3.05, 3.63) is 65.9 Å². The van der Waals surface area contributed by atoms with E-state index in [1.807, 2.05) is 42.5 Å². The fourth-order valence-electron chi connectivity index (χ4n) is 3.79. The highest BCUT2D eigenvalue weighted by Crippen LogP contribution is 2.28. The molecule has 156 valence electrons. The largest absolute Gasteiger partial charge is 0.379 e. The van der Waals surface area contributed by atoms with Crippen LogP contribution in [0.1, 0.15) is 22.3 Å². The molecule has 4 rings (SSSR count). The maximum atomic E-state index is 12.8. The van der Waals surface area contributed by atoms with Gasteiger partial charge in [-0.2, -0.15) is 0 Å². The van der Waals surface area contributed by atoms with Crippen LogP contribution in [0.15, 0.2) is 54.7 Å². The van der Waals surface area contributed by atoms with Crippen LogP contribution < -0.4 is 10.6 Å². The summed E-state index contributed by atoms with van der Waals surface area (Å²) in [6.45, 7) is 7.23. The third-order valence-electron chi connectivity index (χ3n) is 5.45. The Morgan fingerprint density at radius 2 is 1.90 bits per heavy atom. The molecule has 0 aliphatic carbocycles. The van der Waals surface area contributed by atoms with E-state index in [1.165, 1.54) is 0 Å². The van der Waals surface area contributed by atoms with E-state index in [-0.39, 0.29) is 5.91 Å². The average molecular weight is 405 g/mol. The number of benzene rings is 2. The van der Waals surface area contributed by atoms with Crippen LogP contribution in [0.4, 0.5) is 11.4 Å². The summed E-state index contributed by atoms with van der Waals surface area (Å²) in [6.07, 6.45) is 2.72. The van der Waals surface area contributed by atoms with Gasteiger partial charge in [0.15, 0.2) is 0 Å². The second-order valence-corrected chi connectivity index (χ2v) is 7.56. The number of carbonyl (C=O) groups is 1. The Morgan fingerprint density at radius 3 is 2.77 bits per heavy atom. The van der Waals surface area contributed by atoms with Crippen molar-refractivity contribution in [2.45, 2.75) is 13.3 Å². The Hall–Kier alpha value is -2.96. The van der Waals surface area contributed by atoms with Crippen LogP contribution in [0.25, 0.3) is 10.9 Å². The molecule has 0 spiro atoms. The number of para-hydroxylation sites is 2. The van der Waals surface area contributed by atoms with Crippen molar-refractivity contribution < 1.29 is 9.53 Å². The van der Waals surface area contributed by atoms with E-state index in [4.69, 9.17) is 4.74 Å². The SMILES string of the molecule is Cc1cccc2c(Nc3ccccc3C(=O)NCCCN3CCOCC3)ccnc12. The highest BCUT2D eigenvalue weighted by Gasteiger charge is 2.13. The van der Waals surface area contributed by atoms with Crippen molar-refractivity contribution in [2.24, 2.45) is 0 Å². The summed E-state index contributed by atoms with van der Waals surface area (Å²) in [6, 6.07) is 15.7. The highest BCUT2D eigenvalue weighted by molar-refractivity contribution is 6.02. The first-order valence-electron chi connectivity index (χ1n) is 10.5. The Kier molecular flexibility index (Phi) is 6.57. The van der Waals surface area contributed by atoms with Crippen LogP contribution >= 0.6 is 0 Å². The van der Waals surface area contributed by atoms with Gasteiger partial charge in [0, 0.05) is 36.9 Å². The fourth-order valence-corrected chi connectivity index (χ4v) is 3.79. The number of amides is 1. The van der Waals surface area contributed by atoms with Gasteiger partial charge in [-0.25, -0.2) is 0 Å². The second kappa shape index (κ2) is 9.69.